The molecule has 1 amide bonds. The first kappa shape index (κ1) is 14.6. The van der Waals surface area contributed by atoms with Crippen LogP contribution in [-0.4, -0.2) is 34.9 Å². The van der Waals surface area contributed by atoms with Gasteiger partial charge in [-0.3, -0.25) is 4.90 Å². The number of carbonyl (C=O) groups is 1. The first-order valence-electron chi connectivity index (χ1n) is 6.68. The van der Waals surface area contributed by atoms with Crippen LogP contribution in [0.15, 0.2) is 30.3 Å². The van der Waals surface area contributed by atoms with Gasteiger partial charge in [-0.2, -0.15) is 0 Å². The molecule has 108 valence electrons. The zero-order valence-corrected chi connectivity index (χ0v) is 12.3. The Labute approximate surface area is 119 Å². The molecule has 0 aromatic heterocycles. The molecule has 0 saturated carbocycles. The quantitative estimate of drug-likeness (QED) is 0.898. The van der Waals surface area contributed by atoms with E-state index in [2.05, 4.69) is 0 Å². The number of fused-ring (bicyclic) bond motifs is 1. The lowest BCUT2D eigenvalue weighted by atomic mass is 9.87. The molecule has 0 saturated heterocycles. The minimum absolute atomic E-state index is 0.278. The second-order valence-electron chi connectivity index (χ2n) is 5.96. The number of methoxy groups -OCH3 is 1. The van der Waals surface area contributed by atoms with Gasteiger partial charge in [0.25, 0.3) is 0 Å². The maximum absolute atomic E-state index is 11.8. The topological polar surface area (TPSA) is 49.8 Å². The number of rotatable bonds is 2. The Balaban J connectivity index is 2.55. The van der Waals surface area contributed by atoms with Crippen LogP contribution in [0.4, 0.5) is 4.79 Å². The molecule has 20 heavy (non-hydrogen) atoms. The van der Waals surface area contributed by atoms with Crippen molar-refractivity contribution in [2.45, 2.75) is 38.5 Å². The lowest BCUT2D eigenvalue weighted by Gasteiger charge is -2.43. The average Bonchev–Trinajstić information content (AvgIpc) is 2.37. The van der Waals surface area contributed by atoms with Crippen LogP contribution >= 0.6 is 0 Å². The van der Waals surface area contributed by atoms with E-state index in [-0.39, 0.29) is 12.1 Å². The summed E-state index contributed by atoms with van der Waals surface area (Å²) < 4.78 is 5.50. The Morgan fingerprint density at radius 3 is 2.50 bits per heavy atom. The van der Waals surface area contributed by atoms with Crippen LogP contribution in [0.2, 0.25) is 0 Å². The highest BCUT2D eigenvalue weighted by molar-refractivity contribution is 5.69. The predicted molar refractivity (Wildman–Crippen MR) is 78.6 cm³/mol. The SMILES string of the molecule is CO[C@H]1C=Cc2ccccc2[C@H]1N(C(=O)O)C(C)(C)C. The summed E-state index contributed by atoms with van der Waals surface area (Å²) in [5.41, 5.74) is 1.52. The lowest BCUT2D eigenvalue weighted by Crippen LogP contribution is -2.51. The van der Waals surface area contributed by atoms with E-state index in [4.69, 9.17) is 4.74 Å². The fourth-order valence-electron chi connectivity index (χ4n) is 2.73. The molecule has 1 aromatic rings. The summed E-state index contributed by atoms with van der Waals surface area (Å²) in [4.78, 5) is 13.2. The van der Waals surface area contributed by atoms with Crippen LogP contribution in [0.25, 0.3) is 6.08 Å². The number of carboxylic acid groups (broad SMARTS) is 1. The second kappa shape index (κ2) is 5.29. The normalized spacial score (nSPS) is 21.4. The Morgan fingerprint density at radius 1 is 1.30 bits per heavy atom. The van der Waals surface area contributed by atoms with E-state index in [0.717, 1.165) is 11.1 Å². The summed E-state index contributed by atoms with van der Waals surface area (Å²) in [6, 6.07) is 7.51. The van der Waals surface area contributed by atoms with Gasteiger partial charge in [0.1, 0.15) is 6.10 Å². The van der Waals surface area contributed by atoms with Crippen molar-refractivity contribution >= 4 is 12.2 Å². The number of benzene rings is 1. The van der Waals surface area contributed by atoms with Gasteiger partial charge in [0, 0.05) is 12.6 Å². The lowest BCUT2D eigenvalue weighted by molar-refractivity contribution is 0.00453. The van der Waals surface area contributed by atoms with Crippen molar-refractivity contribution in [3.05, 3.63) is 41.5 Å². The molecule has 0 spiro atoms. The number of nitrogens with zero attached hydrogens (tertiary/aromatic N) is 1. The third-order valence-electron chi connectivity index (χ3n) is 3.57. The Bertz CT molecular complexity index is 531. The summed E-state index contributed by atoms with van der Waals surface area (Å²) in [6.07, 6.45) is 2.70. The minimum atomic E-state index is -0.936. The second-order valence-corrected chi connectivity index (χ2v) is 5.96. The first-order chi connectivity index (χ1) is 9.36. The summed E-state index contributed by atoms with van der Waals surface area (Å²) in [6.45, 7) is 5.69. The number of hydrogen-bond acceptors (Lipinski definition) is 2. The van der Waals surface area contributed by atoms with Gasteiger partial charge in [-0.1, -0.05) is 36.4 Å². The molecule has 1 aromatic carbocycles. The van der Waals surface area contributed by atoms with Crippen molar-refractivity contribution in [1.29, 1.82) is 0 Å². The van der Waals surface area contributed by atoms with Crippen molar-refractivity contribution in [1.82, 2.24) is 4.90 Å². The van der Waals surface area contributed by atoms with Crippen LogP contribution in [0, 0.1) is 0 Å². The minimum Gasteiger partial charge on any atom is -0.465 e. The molecule has 0 fully saturated rings. The van der Waals surface area contributed by atoms with Gasteiger partial charge in [0.2, 0.25) is 0 Å². The molecule has 4 heteroatoms. The maximum atomic E-state index is 11.8. The number of hydrogen-bond donors (Lipinski definition) is 1. The Hall–Kier alpha value is -1.81. The third-order valence-corrected chi connectivity index (χ3v) is 3.57. The molecule has 0 aliphatic heterocycles. The smallest absolute Gasteiger partial charge is 0.408 e. The summed E-state index contributed by atoms with van der Waals surface area (Å²) in [5, 5.41) is 9.65. The maximum Gasteiger partial charge on any atom is 0.408 e. The van der Waals surface area contributed by atoms with Crippen molar-refractivity contribution in [2.75, 3.05) is 7.11 Å². The molecule has 0 unspecified atom stereocenters. The highest BCUT2D eigenvalue weighted by Gasteiger charge is 2.40. The zero-order valence-electron chi connectivity index (χ0n) is 12.3. The van der Waals surface area contributed by atoms with Gasteiger partial charge in [-0.05, 0) is 31.9 Å². The largest absolute Gasteiger partial charge is 0.465 e. The molecule has 0 bridgehead atoms. The van der Waals surface area contributed by atoms with E-state index < -0.39 is 11.6 Å². The van der Waals surface area contributed by atoms with Gasteiger partial charge in [0.15, 0.2) is 0 Å². The van der Waals surface area contributed by atoms with Crippen molar-refractivity contribution in [2.24, 2.45) is 0 Å². The molecule has 1 aliphatic rings. The van der Waals surface area contributed by atoms with Gasteiger partial charge in [-0.25, -0.2) is 4.79 Å². The summed E-state index contributed by atoms with van der Waals surface area (Å²) >= 11 is 0. The van der Waals surface area contributed by atoms with E-state index in [9.17, 15) is 9.90 Å². The van der Waals surface area contributed by atoms with Crippen molar-refractivity contribution < 1.29 is 14.6 Å². The molecule has 2 rings (SSSR count). The summed E-state index contributed by atoms with van der Waals surface area (Å²) in [7, 11) is 1.61. The van der Waals surface area contributed by atoms with Gasteiger partial charge in [0.05, 0.1) is 6.04 Å². The molecule has 4 nitrogen and oxygen atoms in total. The molecule has 0 heterocycles. The van der Waals surface area contributed by atoms with Gasteiger partial charge in [-0.15, -0.1) is 0 Å². The number of ether oxygens (including phenoxy) is 1. The Kier molecular flexibility index (Phi) is 3.86. The molecule has 1 aliphatic carbocycles. The van der Waals surface area contributed by atoms with E-state index >= 15 is 0 Å². The van der Waals surface area contributed by atoms with E-state index in [0.29, 0.717) is 0 Å². The number of amides is 1. The monoisotopic (exact) mass is 275 g/mol. The molecule has 1 N–H and O–H groups in total. The molecular formula is C16H21NO3. The molecular weight excluding hydrogens is 254 g/mol. The van der Waals surface area contributed by atoms with E-state index in [1.54, 1.807) is 7.11 Å². The van der Waals surface area contributed by atoms with E-state index in [1.807, 2.05) is 57.2 Å². The van der Waals surface area contributed by atoms with Crippen LogP contribution in [0.5, 0.6) is 0 Å². The molecule has 2 atom stereocenters. The van der Waals surface area contributed by atoms with E-state index in [1.165, 1.54) is 4.90 Å². The van der Waals surface area contributed by atoms with Gasteiger partial charge >= 0.3 is 6.09 Å². The zero-order chi connectivity index (χ0) is 14.9. The highest BCUT2D eigenvalue weighted by Crippen LogP contribution is 2.37. The predicted octanol–water partition coefficient (Wildman–Crippen LogP) is 3.55. The first-order valence-corrected chi connectivity index (χ1v) is 6.68. The van der Waals surface area contributed by atoms with Gasteiger partial charge < -0.3 is 9.84 Å². The van der Waals surface area contributed by atoms with Crippen LogP contribution in [0.3, 0.4) is 0 Å². The highest BCUT2D eigenvalue weighted by atomic mass is 16.5. The fourth-order valence-corrected chi connectivity index (χ4v) is 2.73. The fraction of sp³-hybridized carbons (Fsp3) is 0.438. The van der Waals surface area contributed by atoms with Crippen LogP contribution in [-0.2, 0) is 4.74 Å². The molecule has 0 radical (unpaired) electrons. The van der Waals surface area contributed by atoms with Crippen molar-refractivity contribution in [3.8, 4) is 0 Å². The third kappa shape index (κ3) is 2.56. The standard InChI is InChI=1S/C16H21NO3/c1-16(2,3)17(15(18)19)14-12-8-6-5-7-11(12)9-10-13(14)20-4/h5-10,13-14H,1-4H3,(H,18,19)/t13-,14+/m0/s1. The van der Waals surface area contributed by atoms with Crippen molar-refractivity contribution in [3.63, 3.8) is 0 Å². The van der Waals surface area contributed by atoms with Crippen LogP contribution in [0.1, 0.15) is 37.9 Å². The Morgan fingerprint density at radius 2 is 1.95 bits per heavy atom. The average molecular weight is 275 g/mol. The summed E-state index contributed by atoms with van der Waals surface area (Å²) in [5.74, 6) is 0. The van der Waals surface area contributed by atoms with Crippen LogP contribution < -0.4 is 0 Å².